The maximum absolute atomic E-state index is 12.6. The Labute approximate surface area is 164 Å². The molecule has 1 saturated heterocycles. The van der Waals surface area contributed by atoms with Crippen LogP contribution in [0.3, 0.4) is 0 Å². The third kappa shape index (κ3) is 5.36. The van der Waals surface area contributed by atoms with Crippen molar-refractivity contribution in [1.29, 1.82) is 0 Å². The van der Waals surface area contributed by atoms with Crippen molar-refractivity contribution >= 4 is 23.6 Å². The minimum atomic E-state index is -0.539. The topological polar surface area (TPSA) is 76.7 Å². The summed E-state index contributed by atoms with van der Waals surface area (Å²) in [5, 5.41) is 6.62. The number of hydrogen-bond donors (Lipinski definition) is 2. The molecule has 1 heterocycles. The number of amides is 2. The zero-order valence-corrected chi connectivity index (χ0v) is 16.8. The molecule has 27 heavy (non-hydrogen) atoms. The quantitative estimate of drug-likeness (QED) is 0.819. The molecule has 1 aromatic carbocycles. The van der Waals surface area contributed by atoms with Crippen LogP contribution in [0.15, 0.2) is 24.3 Å². The van der Waals surface area contributed by atoms with E-state index in [2.05, 4.69) is 10.6 Å². The van der Waals surface area contributed by atoms with Crippen molar-refractivity contribution in [2.75, 3.05) is 6.61 Å². The van der Waals surface area contributed by atoms with Crippen LogP contribution in [0.2, 0.25) is 5.02 Å². The van der Waals surface area contributed by atoms with Crippen LogP contribution in [0.4, 0.5) is 4.79 Å². The smallest absolute Gasteiger partial charge is 0.407 e. The number of benzene rings is 1. The summed E-state index contributed by atoms with van der Waals surface area (Å²) in [6.07, 6.45) is 2.10. The number of nitrogens with one attached hydrogen (secondary N) is 2. The third-order valence-corrected chi connectivity index (χ3v) is 5.05. The molecule has 0 radical (unpaired) electrons. The zero-order valence-electron chi connectivity index (χ0n) is 16.0. The summed E-state index contributed by atoms with van der Waals surface area (Å²) in [4.78, 5) is 24.5. The van der Waals surface area contributed by atoms with E-state index in [0.29, 0.717) is 24.5 Å². The highest BCUT2D eigenvalue weighted by atomic mass is 35.5. The van der Waals surface area contributed by atoms with Gasteiger partial charge in [0.25, 0.3) is 0 Å². The first-order chi connectivity index (χ1) is 12.7. The van der Waals surface area contributed by atoms with Gasteiger partial charge in [-0.1, -0.05) is 23.7 Å². The average molecular weight is 395 g/mol. The predicted octanol–water partition coefficient (Wildman–Crippen LogP) is 3.52. The van der Waals surface area contributed by atoms with Crippen molar-refractivity contribution in [3.05, 3.63) is 34.9 Å². The first-order valence-corrected chi connectivity index (χ1v) is 9.74. The van der Waals surface area contributed by atoms with Crippen molar-refractivity contribution in [1.82, 2.24) is 10.6 Å². The number of halogens is 1. The number of carbonyl (C=O) groups excluding carboxylic acids is 2. The molecule has 0 unspecified atom stereocenters. The molecule has 1 aliphatic carbocycles. The minimum absolute atomic E-state index is 0.0989. The highest BCUT2D eigenvalue weighted by Gasteiger charge is 2.46. The van der Waals surface area contributed by atoms with Crippen LogP contribution < -0.4 is 10.6 Å². The van der Waals surface area contributed by atoms with Crippen molar-refractivity contribution in [3.8, 4) is 0 Å². The molecule has 0 spiro atoms. The van der Waals surface area contributed by atoms with Crippen LogP contribution in [0.5, 0.6) is 0 Å². The molecule has 2 fully saturated rings. The molecule has 6 nitrogen and oxygen atoms in total. The fraction of sp³-hybridized carbons (Fsp3) is 0.600. The summed E-state index contributed by atoms with van der Waals surface area (Å²) in [6, 6.07) is 7.45. The molecule has 2 atom stereocenters. The van der Waals surface area contributed by atoms with E-state index in [1.165, 1.54) is 0 Å². The van der Waals surface area contributed by atoms with Gasteiger partial charge in [0, 0.05) is 5.02 Å². The summed E-state index contributed by atoms with van der Waals surface area (Å²) in [7, 11) is 0. The highest BCUT2D eigenvalue weighted by Crippen LogP contribution is 2.45. The van der Waals surface area contributed by atoms with Gasteiger partial charge in [0.2, 0.25) is 5.91 Å². The van der Waals surface area contributed by atoms with Gasteiger partial charge in [0.15, 0.2) is 0 Å². The van der Waals surface area contributed by atoms with Gasteiger partial charge < -0.3 is 20.1 Å². The van der Waals surface area contributed by atoms with Gasteiger partial charge in [-0.2, -0.15) is 0 Å². The molecule has 2 aliphatic rings. The van der Waals surface area contributed by atoms with Crippen molar-refractivity contribution in [3.63, 3.8) is 0 Å². The minimum Gasteiger partial charge on any atom is -0.444 e. The van der Waals surface area contributed by atoms with Crippen molar-refractivity contribution in [2.45, 2.75) is 69.7 Å². The van der Waals surface area contributed by atoms with Gasteiger partial charge in [0.1, 0.15) is 11.7 Å². The van der Waals surface area contributed by atoms with Crippen LogP contribution in [0.1, 0.15) is 52.0 Å². The number of rotatable bonds is 4. The number of ether oxygens (including phenoxy) is 2. The van der Waals surface area contributed by atoms with Crippen molar-refractivity contribution in [2.24, 2.45) is 0 Å². The molecule has 0 aromatic heterocycles. The molecule has 0 bridgehead atoms. The van der Waals surface area contributed by atoms with Crippen LogP contribution in [0.25, 0.3) is 0 Å². The predicted molar refractivity (Wildman–Crippen MR) is 103 cm³/mol. The third-order valence-electron chi connectivity index (χ3n) is 4.80. The fourth-order valence-corrected chi connectivity index (χ4v) is 3.37. The first kappa shape index (κ1) is 20.0. The normalized spacial score (nSPS) is 24.0. The summed E-state index contributed by atoms with van der Waals surface area (Å²) >= 11 is 5.95. The molecule has 1 aliphatic heterocycles. The molecule has 2 N–H and O–H groups in total. The Morgan fingerprint density at radius 1 is 1.19 bits per heavy atom. The summed E-state index contributed by atoms with van der Waals surface area (Å²) in [5.41, 5.74) is 0.236. The Kier molecular flexibility index (Phi) is 5.68. The molecule has 3 rings (SSSR count). The molecule has 7 heteroatoms. The van der Waals surface area contributed by atoms with Gasteiger partial charge >= 0.3 is 6.09 Å². The highest BCUT2D eigenvalue weighted by molar-refractivity contribution is 6.30. The number of hydrogen-bond acceptors (Lipinski definition) is 4. The summed E-state index contributed by atoms with van der Waals surface area (Å²) in [5.74, 6) is -0.0989. The van der Waals surface area contributed by atoms with E-state index in [0.717, 1.165) is 18.4 Å². The maximum atomic E-state index is 12.6. The van der Waals surface area contributed by atoms with E-state index < -0.39 is 17.8 Å². The summed E-state index contributed by atoms with van der Waals surface area (Å²) < 4.78 is 11.0. The van der Waals surface area contributed by atoms with Crippen LogP contribution in [-0.2, 0) is 19.8 Å². The summed E-state index contributed by atoms with van der Waals surface area (Å²) in [6.45, 7) is 5.75. The monoisotopic (exact) mass is 394 g/mol. The van der Waals surface area contributed by atoms with E-state index in [9.17, 15) is 9.59 Å². The second kappa shape index (κ2) is 7.68. The molecule has 148 valence electrons. The second-order valence-electron chi connectivity index (χ2n) is 8.32. The molecular weight excluding hydrogens is 368 g/mol. The second-order valence-corrected chi connectivity index (χ2v) is 8.76. The van der Waals surface area contributed by atoms with Crippen LogP contribution >= 0.6 is 11.6 Å². The average Bonchev–Trinajstić information content (AvgIpc) is 3.35. The lowest BCUT2D eigenvalue weighted by atomic mass is 10.0. The Hall–Kier alpha value is -1.79. The van der Waals surface area contributed by atoms with E-state index in [4.69, 9.17) is 21.1 Å². The Morgan fingerprint density at radius 3 is 2.37 bits per heavy atom. The lowest BCUT2D eigenvalue weighted by Crippen LogP contribution is -2.49. The zero-order chi connectivity index (χ0) is 19.7. The van der Waals surface area contributed by atoms with Gasteiger partial charge in [0.05, 0.1) is 18.2 Å². The van der Waals surface area contributed by atoms with Crippen LogP contribution in [0, 0.1) is 0 Å². The van der Waals surface area contributed by atoms with Gasteiger partial charge in [-0.15, -0.1) is 0 Å². The Morgan fingerprint density at radius 2 is 1.85 bits per heavy atom. The number of carbonyl (C=O) groups is 2. The van der Waals surface area contributed by atoms with E-state index in [1.807, 2.05) is 45.0 Å². The Balaban J connectivity index is 1.48. The number of alkyl carbamates (subject to hydrolysis) is 1. The van der Waals surface area contributed by atoms with E-state index in [-0.39, 0.29) is 17.5 Å². The van der Waals surface area contributed by atoms with E-state index >= 15 is 0 Å². The first-order valence-electron chi connectivity index (χ1n) is 9.36. The lowest BCUT2D eigenvalue weighted by Gasteiger charge is -2.31. The SMILES string of the molecule is CC(C)(C)OC(=O)N[C@@H]1CC[C@@H](C(=O)NC2(c3ccc(Cl)cc3)CC2)OC1. The fourth-order valence-electron chi connectivity index (χ4n) is 3.24. The molecule has 2 amide bonds. The molecule has 1 saturated carbocycles. The van der Waals surface area contributed by atoms with E-state index in [1.54, 1.807) is 0 Å². The van der Waals surface area contributed by atoms with Gasteiger partial charge in [-0.3, -0.25) is 4.79 Å². The van der Waals surface area contributed by atoms with Crippen molar-refractivity contribution < 1.29 is 19.1 Å². The molecular formula is C20H27ClN2O4. The largest absolute Gasteiger partial charge is 0.444 e. The lowest BCUT2D eigenvalue weighted by molar-refractivity contribution is -0.137. The van der Waals surface area contributed by atoms with Gasteiger partial charge in [-0.25, -0.2) is 4.79 Å². The van der Waals surface area contributed by atoms with Gasteiger partial charge in [-0.05, 0) is 64.2 Å². The Bertz CT molecular complexity index is 687. The standard InChI is InChI=1S/C20H27ClN2O4/c1-19(2,3)27-18(25)22-15-8-9-16(26-12-15)17(24)23-20(10-11-20)13-4-6-14(21)7-5-13/h4-7,15-16H,8-12H2,1-3H3,(H,22,25)(H,23,24)/t15-,16+/m1/s1. The maximum Gasteiger partial charge on any atom is 0.407 e. The van der Waals surface area contributed by atoms with Crippen LogP contribution in [-0.4, -0.2) is 36.4 Å². The molecule has 1 aromatic rings.